The largest absolute Gasteiger partial charge is 0.494 e. The number of carboxylic acids is 1. The molecule has 0 unspecified atom stereocenters. The standard InChI is InChI=1S/C12H12N2O3/c1-17-9-4-2-3-8-7-13-10(14-12(8)9)5-6-11(15)16/h2-4,7H,5-6H2,1H3,(H,15,16). The number of aromatic nitrogens is 2. The third-order valence-corrected chi connectivity index (χ3v) is 2.41. The number of aliphatic carboxylic acids is 1. The van der Waals surface area contributed by atoms with Crippen molar-refractivity contribution in [2.75, 3.05) is 7.11 Å². The number of hydrogen-bond donors (Lipinski definition) is 1. The second kappa shape index (κ2) is 4.78. The smallest absolute Gasteiger partial charge is 0.303 e. The number of para-hydroxylation sites is 1. The molecule has 1 heterocycles. The van der Waals surface area contributed by atoms with Gasteiger partial charge in [0.2, 0.25) is 0 Å². The van der Waals surface area contributed by atoms with Crippen molar-refractivity contribution in [2.24, 2.45) is 0 Å². The number of benzene rings is 1. The highest BCUT2D eigenvalue weighted by atomic mass is 16.5. The van der Waals surface area contributed by atoms with Gasteiger partial charge >= 0.3 is 5.97 Å². The summed E-state index contributed by atoms with van der Waals surface area (Å²) in [4.78, 5) is 18.9. The summed E-state index contributed by atoms with van der Waals surface area (Å²) < 4.78 is 5.20. The zero-order valence-electron chi connectivity index (χ0n) is 9.38. The average molecular weight is 232 g/mol. The molecule has 2 rings (SSSR count). The van der Waals surface area contributed by atoms with E-state index < -0.39 is 5.97 Å². The van der Waals surface area contributed by atoms with Gasteiger partial charge < -0.3 is 9.84 Å². The molecule has 0 aliphatic carbocycles. The van der Waals surface area contributed by atoms with Crippen LogP contribution in [0.1, 0.15) is 12.2 Å². The van der Waals surface area contributed by atoms with E-state index in [0.29, 0.717) is 23.5 Å². The quantitative estimate of drug-likeness (QED) is 0.867. The fourth-order valence-corrected chi connectivity index (χ4v) is 1.57. The lowest BCUT2D eigenvalue weighted by Gasteiger charge is -2.05. The number of methoxy groups -OCH3 is 1. The van der Waals surface area contributed by atoms with E-state index >= 15 is 0 Å². The van der Waals surface area contributed by atoms with E-state index in [1.165, 1.54) is 0 Å². The fourth-order valence-electron chi connectivity index (χ4n) is 1.57. The molecular formula is C12H12N2O3. The van der Waals surface area contributed by atoms with Crippen LogP contribution >= 0.6 is 0 Å². The molecule has 0 atom stereocenters. The molecule has 0 bridgehead atoms. The van der Waals surface area contributed by atoms with Gasteiger partial charge in [0.05, 0.1) is 13.5 Å². The van der Waals surface area contributed by atoms with Crippen LogP contribution in [0, 0.1) is 0 Å². The lowest BCUT2D eigenvalue weighted by atomic mass is 10.2. The van der Waals surface area contributed by atoms with Crippen LogP contribution in [0.15, 0.2) is 24.4 Å². The van der Waals surface area contributed by atoms with E-state index in [4.69, 9.17) is 9.84 Å². The second-order valence-corrected chi connectivity index (χ2v) is 3.58. The van der Waals surface area contributed by atoms with E-state index in [1.54, 1.807) is 13.3 Å². The number of carbonyl (C=O) groups is 1. The average Bonchev–Trinajstić information content (AvgIpc) is 2.35. The highest BCUT2D eigenvalue weighted by Gasteiger charge is 2.06. The highest BCUT2D eigenvalue weighted by Crippen LogP contribution is 2.22. The molecule has 0 radical (unpaired) electrons. The van der Waals surface area contributed by atoms with Gasteiger partial charge in [-0.25, -0.2) is 9.97 Å². The number of aryl methyl sites for hydroxylation is 1. The Morgan fingerprint density at radius 3 is 3.00 bits per heavy atom. The Kier molecular flexibility index (Phi) is 3.18. The molecule has 0 saturated carbocycles. The van der Waals surface area contributed by atoms with E-state index in [9.17, 15) is 4.79 Å². The molecule has 0 spiro atoms. The molecule has 0 aliphatic heterocycles. The highest BCUT2D eigenvalue weighted by molar-refractivity contribution is 5.83. The molecule has 1 aromatic carbocycles. The minimum Gasteiger partial charge on any atom is -0.494 e. The van der Waals surface area contributed by atoms with Crippen molar-refractivity contribution < 1.29 is 14.6 Å². The Morgan fingerprint density at radius 1 is 1.47 bits per heavy atom. The maximum atomic E-state index is 10.5. The topological polar surface area (TPSA) is 72.3 Å². The second-order valence-electron chi connectivity index (χ2n) is 3.58. The normalized spacial score (nSPS) is 10.4. The number of nitrogens with zero attached hydrogens (tertiary/aromatic N) is 2. The summed E-state index contributed by atoms with van der Waals surface area (Å²) >= 11 is 0. The number of carboxylic acid groups (broad SMARTS) is 1. The number of fused-ring (bicyclic) bond motifs is 1. The first-order valence-corrected chi connectivity index (χ1v) is 5.21. The Morgan fingerprint density at radius 2 is 2.29 bits per heavy atom. The van der Waals surface area contributed by atoms with Crippen molar-refractivity contribution in [1.29, 1.82) is 0 Å². The molecule has 2 aromatic rings. The van der Waals surface area contributed by atoms with Crippen molar-refractivity contribution in [2.45, 2.75) is 12.8 Å². The van der Waals surface area contributed by atoms with Gasteiger partial charge in [-0.15, -0.1) is 0 Å². The van der Waals surface area contributed by atoms with Gasteiger partial charge in [-0.2, -0.15) is 0 Å². The first kappa shape index (κ1) is 11.3. The third-order valence-electron chi connectivity index (χ3n) is 2.41. The molecule has 0 fully saturated rings. The van der Waals surface area contributed by atoms with Crippen LogP contribution in [0.25, 0.3) is 10.9 Å². The number of ether oxygens (including phenoxy) is 1. The fraction of sp³-hybridized carbons (Fsp3) is 0.250. The van der Waals surface area contributed by atoms with Crippen LogP contribution in [-0.4, -0.2) is 28.2 Å². The maximum absolute atomic E-state index is 10.5. The molecule has 0 saturated heterocycles. The maximum Gasteiger partial charge on any atom is 0.303 e. The monoisotopic (exact) mass is 232 g/mol. The molecular weight excluding hydrogens is 220 g/mol. The van der Waals surface area contributed by atoms with E-state index in [0.717, 1.165) is 5.39 Å². The van der Waals surface area contributed by atoms with Crippen LogP contribution in [-0.2, 0) is 11.2 Å². The molecule has 17 heavy (non-hydrogen) atoms. The van der Waals surface area contributed by atoms with Crippen molar-refractivity contribution in [3.8, 4) is 5.75 Å². The third kappa shape index (κ3) is 2.50. The Balaban J connectivity index is 2.37. The van der Waals surface area contributed by atoms with Gasteiger partial charge in [0.15, 0.2) is 0 Å². The first-order chi connectivity index (χ1) is 8.20. The van der Waals surface area contributed by atoms with Crippen molar-refractivity contribution in [3.63, 3.8) is 0 Å². The summed E-state index contributed by atoms with van der Waals surface area (Å²) in [5, 5.41) is 9.49. The predicted octanol–water partition coefficient (Wildman–Crippen LogP) is 1.66. The van der Waals surface area contributed by atoms with Gasteiger partial charge in [0.1, 0.15) is 17.1 Å². The summed E-state index contributed by atoms with van der Waals surface area (Å²) in [6.07, 6.45) is 2.03. The van der Waals surface area contributed by atoms with E-state index in [2.05, 4.69) is 9.97 Å². The van der Waals surface area contributed by atoms with Crippen molar-refractivity contribution in [1.82, 2.24) is 9.97 Å². The predicted molar refractivity (Wildman–Crippen MR) is 62.0 cm³/mol. The summed E-state index contributed by atoms with van der Waals surface area (Å²) in [7, 11) is 1.58. The van der Waals surface area contributed by atoms with E-state index in [-0.39, 0.29) is 6.42 Å². The van der Waals surface area contributed by atoms with Gasteiger partial charge in [-0.1, -0.05) is 12.1 Å². The molecule has 1 aromatic heterocycles. The van der Waals surface area contributed by atoms with Gasteiger partial charge in [0, 0.05) is 18.0 Å². The summed E-state index contributed by atoms with van der Waals surface area (Å²) in [5.74, 6) is 0.333. The number of rotatable bonds is 4. The molecule has 5 nitrogen and oxygen atoms in total. The summed E-state index contributed by atoms with van der Waals surface area (Å²) in [6.45, 7) is 0. The van der Waals surface area contributed by atoms with Crippen LogP contribution in [0.2, 0.25) is 0 Å². The number of hydrogen-bond acceptors (Lipinski definition) is 4. The summed E-state index contributed by atoms with van der Waals surface area (Å²) in [6, 6.07) is 5.57. The zero-order valence-corrected chi connectivity index (χ0v) is 9.38. The summed E-state index contributed by atoms with van der Waals surface area (Å²) in [5.41, 5.74) is 0.713. The van der Waals surface area contributed by atoms with Crippen molar-refractivity contribution >= 4 is 16.9 Å². The first-order valence-electron chi connectivity index (χ1n) is 5.21. The Hall–Kier alpha value is -2.17. The van der Waals surface area contributed by atoms with Gasteiger partial charge in [0.25, 0.3) is 0 Å². The van der Waals surface area contributed by atoms with Gasteiger partial charge in [-0.3, -0.25) is 4.79 Å². The van der Waals surface area contributed by atoms with Crippen LogP contribution in [0.4, 0.5) is 0 Å². The van der Waals surface area contributed by atoms with Crippen LogP contribution < -0.4 is 4.74 Å². The SMILES string of the molecule is COc1cccc2cnc(CCC(=O)O)nc12. The van der Waals surface area contributed by atoms with Crippen LogP contribution in [0.5, 0.6) is 5.75 Å². The zero-order chi connectivity index (χ0) is 12.3. The van der Waals surface area contributed by atoms with Crippen LogP contribution in [0.3, 0.4) is 0 Å². The molecule has 1 N–H and O–H groups in total. The Bertz CT molecular complexity index is 554. The Labute approximate surface area is 98.1 Å². The molecule has 0 aliphatic rings. The van der Waals surface area contributed by atoms with E-state index in [1.807, 2.05) is 18.2 Å². The lowest BCUT2D eigenvalue weighted by molar-refractivity contribution is -0.137. The minimum atomic E-state index is -0.853. The molecule has 5 heteroatoms. The van der Waals surface area contributed by atoms with Crippen molar-refractivity contribution in [3.05, 3.63) is 30.2 Å². The minimum absolute atomic E-state index is 0.0284. The molecule has 0 amide bonds. The molecule has 88 valence electrons. The van der Waals surface area contributed by atoms with Gasteiger partial charge in [-0.05, 0) is 6.07 Å². The lowest BCUT2D eigenvalue weighted by Crippen LogP contribution is -2.02.